The average Bonchev–Trinajstić information content (AvgIpc) is 2.69. The zero-order chi connectivity index (χ0) is 18.4. The van der Waals surface area contributed by atoms with E-state index in [1.54, 1.807) is 14.2 Å². The van der Waals surface area contributed by atoms with Gasteiger partial charge < -0.3 is 9.47 Å². The number of hydrazone groups is 1. The maximum absolute atomic E-state index is 6.26. The molecule has 1 heterocycles. The monoisotopic (exact) mass is 409 g/mol. The van der Waals surface area contributed by atoms with E-state index in [2.05, 4.69) is 21.1 Å². The number of methoxy groups -OCH3 is 2. The van der Waals surface area contributed by atoms with E-state index in [1.807, 2.05) is 42.6 Å². The molecule has 1 aliphatic rings. The maximum Gasteiger partial charge on any atom is 0.161 e. The van der Waals surface area contributed by atoms with Crippen LogP contribution in [-0.4, -0.2) is 56.5 Å². The summed E-state index contributed by atoms with van der Waals surface area (Å²) in [5.41, 5.74) is 2.16. The lowest BCUT2D eigenvalue weighted by atomic mass is 10.2. The number of hydrogen-bond acceptors (Lipinski definition) is 5. The molecule has 0 amide bonds. The fourth-order valence-electron chi connectivity index (χ4n) is 2.96. The molecule has 0 atom stereocenters. The zero-order valence-electron chi connectivity index (χ0n) is 15.6. The normalized spacial score (nSPS) is 14.9. The van der Waals surface area contributed by atoms with Crippen molar-refractivity contribution < 1.29 is 9.47 Å². The Bertz CT molecular complexity index is 763. The van der Waals surface area contributed by atoms with Crippen LogP contribution in [0.3, 0.4) is 0 Å². The fourth-order valence-corrected chi connectivity index (χ4v) is 3.16. The van der Waals surface area contributed by atoms with Gasteiger partial charge in [0.05, 0.1) is 20.4 Å². The molecule has 1 fully saturated rings. The Morgan fingerprint density at radius 1 is 1.00 bits per heavy atom. The summed E-state index contributed by atoms with van der Waals surface area (Å²) in [6.07, 6.45) is 1.87. The Balaban J connectivity index is 0.00000261. The smallest absolute Gasteiger partial charge is 0.161 e. The average molecular weight is 410 g/mol. The Hall–Kier alpha value is -1.95. The quantitative estimate of drug-likeness (QED) is 0.677. The van der Waals surface area contributed by atoms with Crippen LogP contribution < -0.4 is 9.47 Å². The summed E-state index contributed by atoms with van der Waals surface area (Å²) in [6.45, 7) is 4.61. The lowest BCUT2D eigenvalue weighted by Crippen LogP contribution is -2.43. The first-order valence-electron chi connectivity index (χ1n) is 8.66. The molecule has 0 aliphatic carbocycles. The van der Waals surface area contributed by atoms with Gasteiger partial charge in [0.25, 0.3) is 0 Å². The Morgan fingerprint density at radius 3 is 2.37 bits per heavy atom. The van der Waals surface area contributed by atoms with Gasteiger partial charge in [-0.3, -0.25) is 9.91 Å². The summed E-state index contributed by atoms with van der Waals surface area (Å²) < 4.78 is 10.6. The zero-order valence-corrected chi connectivity index (χ0v) is 17.2. The summed E-state index contributed by atoms with van der Waals surface area (Å²) in [7, 11) is 3.27. The summed E-state index contributed by atoms with van der Waals surface area (Å²) in [6, 6.07) is 13.8. The van der Waals surface area contributed by atoms with Crippen molar-refractivity contribution >= 4 is 30.2 Å². The van der Waals surface area contributed by atoms with E-state index in [0.717, 1.165) is 49.1 Å². The van der Waals surface area contributed by atoms with Crippen molar-refractivity contribution in [1.82, 2.24) is 9.91 Å². The highest BCUT2D eigenvalue weighted by Crippen LogP contribution is 2.27. The molecular formula is C20H25Cl2N3O2. The van der Waals surface area contributed by atoms with E-state index in [0.29, 0.717) is 5.75 Å². The molecule has 1 aliphatic heterocycles. The topological polar surface area (TPSA) is 37.3 Å². The van der Waals surface area contributed by atoms with Crippen LogP contribution in [0.25, 0.3) is 0 Å². The van der Waals surface area contributed by atoms with Gasteiger partial charge in [0.15, 0.2) is 11.5 Å². The molecule has 1 saturated heterocycles. The van der Waals surface area contributed by atoms with Crippen molar-refractivity contribution in [2.75, 3.05) is 40.4 Å². The molecule has 27 heavy (non-hydrogen) atoms. The van der Waals surface area contributed by atoms with E-state index in [-0.39, 0.29) is 12.4 Å². The van der Waals surface area contributed by atoms with Crippen molar-refractivity contribution in [2.24, 2.45) is 5.10 Å². The fraction of sp³-hybridized carbons (Fsp3) is 0.350. The summed E-state index contributed by atoms with van der Waals surface area (Å²) in [5.74, 6) is 1.43. The van der Waals surface area contributed by atoms with Gasteiger partial charge in [-0.15, -0.1) is 12.4 Å². The molecule has 0 radical (unpaired) electrons. The van der Waals surface area contributed by atoms with E-state index in [9.17, 15) is 0 Å². The minimum atomic E-state index is 0. The van der Waals surface area contributed by atoms with Crippen LogP contribution in [0.15, 0.2) is 47.6 Å². The van der Waals surface area contributed by atoms with Crippen molar-refractivity contribution in [2.45, 2.75) is 6.54 Å². The molecule has 2 aromatic carbocycles. The Labute approximate surface area is 171 Å². The number of benzene rings is 2. The highest BCUT2D eigenvalue weighted by molar-refractivity contribution is 6.31. The third-order valence-electron chi connectivity index (χ3n) is 4.48. The first-order valence-corrected chi connectivity index (χ1v) is 9.04. The molecule has 0 unspecified atom stereocenters. The van der Waals surface area contributed by atoms with Crippen molar-refractivity contribution in [3.05, 3.63) is 58.6 Å². The molecule has 5 nitrogen and oxygen atoms in total. The molecule has 2 aromatic rings. The Kier molecular flexibility index (Phi) is 8.23. The Morgan fingerprint density at radius 2 is 1.70 bits per heavy atom. The minimum absolute atomic E-state index is 0. The van der Waals surface area contributed by atoms with Crippen LogP contribution in [0.1, 0.15) is 11.1 Å². The second kappa shape index (κ2) is 10.4. The van der Waals surface area contributed by atoms with E-state index in [4.69, 9.17) is 21.1 Å². The number of halogens is 2. The van der Waals surface area contributed by atoms with Gasteiger partial charge in [-0.05, 0) is 35.4 Å². The predicted octanol–water partition coefficient (Wildman–Crippen LogP) is 3.93. The lowest BCUT2D eigenvalue weighted by Gasteiger charge is -2.33. The van der Waals surface area contributed by atoms with Gasteiger partial charge in [-0.25, -0.2) is 0 Å². The van der Waals surface area contributed by atoms with E-state index < -0.39 is 0 Å². The van der Waals surface area contributed by atoms with Gasteiger partial charge in [-0.2, -0.15) is 5.10 Å². The van der Waals surface area contributed by atoms with Crippen molar-refractivity contribution in [1.29, 1.82) is 0 Å². The van der Waals surface area contributed by atoms with Gasteiger partial charge >= 0.3 is 0 Å². The van der Waals surface area contributed by atoms with Crippen LogP contribution in [0.2, 0.25) is 5.02 Å². The van der Waals surface area contributed by atoms with Crippen molar-refractivity contribution in [3.8, 4) is 11.5 Å². The standard InChI is InChI=1S/C20H24ClN3O2.ClH/c1-25-19-8-7-16(13-20(19)26-2)14-22-24-11-9-23(10-12-24)15-17-5-3-4-6-18(17)21;/h3-8,13-14H,9-12,15H2,1-2H3;1H/b22-14+;. The van der Waals surface area contributed by atoms with E-state index >= 15 is 0 Å². The number of piperazine rings is 1. The highest BCUT2D eigenvalue weighted by atomic mass is 35.5. The first kappa shape index (κ1) is 21.4. The molecular weight excluding hydrogens is 385 g/mol. The van der Waals surface area contributed by atoms with Crippen LogP contribution in [0, 0.1) is 0 Å². The molecule has 0 N–H and O–H groups in total. The minimum Gasteiger partial charge on any atom is -0.493 e. The molecule has 0 aromatic heterocycles. The molecule has 146 valence electrons. The maximum atomic E-state index is 6.26. The van der Waals surface area contributed by atoms with Crippen LogP contribution in [0.4, 0.5) is 0 Å². The molecule has 3 rings (SSSR count). The number of ether oxygens (including phenoxy) is 2. The highest BCUT2D eigenvalue weighted by Gasteiger charge is 2.16. The van der Waals surface area contributed by atoms with Gasteiger partial charge in [0, 0.05) is 37.7 Å². The van der Waals surface area contributed by atoms with E-state index in [1.165, 1.54) is 5.56 Å². The molecule has 0 spiro atoms. The largest absolute Gasteiger partial charge is 0.493 e. The van der Waals surface area contributed by atoms with Crippen LogP contribution >= 0.6 is 24.0 Å². The van der Waals surface area contributed by atoms with Crippen molar-refractivity contribution in [3.63, 3.8) is 0 Å². The third kappa shape index (κ3) is 5.76. The third-order valence-corrected chi connectivity index (χ3v) is 4.85. The number of nitrogens with zero attached hydrogens (tertiary/aromatic N) is 3. The van der Waals surface area contributed by atoms with Gasteiger partial charge in [0.2, 0.25) is 0 Å². The summed E-state index contributed by atoms with van der Waals surface area (Å²) in [5, 5.41) is 7.53. The number of rotatable bonds is 6. The molecule has 0 bridgehead atoms. The summed E-state index contributed by atoms with van der Waals surface area (Å²) in [4.78, 5) is 2.41. The lowest BCUT2D eigenvalue weighted by molar-refractivity contribution is 0.131. The van der Waals surface area contributed by atoms with Gasteiger partial charge in [0.1, 0.15) is 0 Å². The van der Waals surface area contributed by atoms with Gasteiger partial charge in [-0.1, -0.05) is 29.8 Å². The first-order chi connectivity index (χ1) is 12.7. The number of hydrogen-bond donors (Lipinski definition) is 0. The SMILES string of the molecule is COc1ccc(/C=N/N2CCN(Cc3ccccc3Cl)CC2)cc1OC.Cl. The second-order valence-corrected chi connectivity index (χ2v) is 6.59. The predicted molar refractivity (Wildman–Crippen MR) is 113 cm³/mol. The molecule has 0 saturated carbocycles. The molecule has 7 heteroatoms. The second-order valence-electron chi connectivity index (χ2n) is 6.18. The summed E-state index contributed by atoms with van der Waals surface area (Å²) >= 11 is 6.26. The van der Waals surface area contributed by atoms with Crippen LogP contribution in [0.5, 0.6) is 11.5 Å². The van der Waals surface area contributed by atoms with Crippen LogP contribution in [-0.2, 0) is 6.54 Å².